The molecular weight excluding hydrogens is 262 g/mol. The predicted octanol–water partition coefficient (Wildman–Crippen LogP) is 2.60. The van der Waals surface area contributed by atoms with Crippen molar-refractivity contribution in [1.29, 1.82) is 0 Å². The van der Waals surface area contributed by atoms with Crippen LogP contribution in [0.1, 0.15) is 25.5 Å². The zero-order chi connectivity index (χ0) is 14.1. The van der Waals surface area contributed by atoms with Crippen molar-refractivity contribution < 1.29 is 4.74 Å². The second-order valence-electron chi connectivity index (χ2n) is 4.03. The zero-order valence-electron chi connectivity index (χ0n) is 11.7. The molecular formula is C14H22ClN3O. The van der Waals surface area contributed by atoms with Crippen molar-refractivity contribution in [3.05, 3.63) is 34.9 Å². The second kappa shape index (κ2) is 8.77. The highest BCUT2D eigenvalue weighted by Gasteiger charge is 2.10. The van der Waals surface area contributed by atoms with Crippen LogP contribution >= 0.6 is 11.6 Å². The SMILES string of the molecule is CCNC(=NCC(OC)c1cccc(Cl)c1)NCC. The third kappa shape index (κ3) is 5.49. The first-order valence-corrected chi connectivity index (χ1v) is 6.89. The van der Waals surface area contributed by atoms with Crippen LogP contribution in [0.2, 0.25) is 5.02 Å². The van der Waals surface area contributed by atoms with Gasteiger partial charge in [0.05, 0.1) is 6.54 Å². The molecule has 0 bridgehead atoms. The van der Waals surface area contributed by atoms with Gasteiger partial charge in [-0.3, -0.25) is 4.99 Å². The Morgan fingerprint density at radius 1 is 1.32 bits per heavy atom. The number of ether oxygens (including phenoxy) is 1. The lowest BCUT2D eigenvalue weighted by molar-refractivity contribution is 0.111. The highest BCUT2D eigenvalue weighted by atomic mass is 35.5. The van der Waals surface area contributed by atoms with Crippen molar-refractivity contribution in [2.45, 2.75) is 20.0 Å². The minimum Gasteiger partial charge on any atom is -0.375 e. The van der Waals surface area contributed by atoms with E-state index < -0.39 is 0 Å². The number of halogens is 1. The van der Waals surface area contributed by atoms with Gasteiger partial charge in [0.2, 0.25) is 0 Å². The number of nitrogens with one attached hydrogen (secondary N) is 2. The van der Waals surface area contributed by atoms with E-state index in [4.69, 9.17) is 16.3 Å². The molecule has 0 aliphatic rings. The van der Waals surface area contributed by atoms with Gasteiger partial charge in [0.15, 0.2) is 5.96 Å². The number of hydrogen-bond acceptors (Lipinski definition) is 2. The van der Waals surface area contributed by atoms with Crippen molar-refractivity contribution >= 4 is 17.6 Å². The minimum atomic E-state index is -0.0917. The summed E-state index contributed by atoms with van der Waals surface area (Å²) in [4.78, 5) is 4.51. The van der Waals surface area contributed by atoms with Crippen molar-refractivity contribution in [3.8, 4) is 0 Å². The molecule has 0 aliphatic heterocycles. The fourth-order valence-electron chi connectivity index (χ4n) is 1.71. The summed E-state index contributed by atoms with van der Waals surface area (Å²) in [6, 6.07) is 7.67. The van der Waals surface area contributed by atoms with Crippen LogP contribution in [-0.4, -0.2) is 32.7 Å². The summed E-state index contributed by atoms with van der Waals surface area (Å²) in [7, 11) is 1.68. The Morgan fingerprint density at radius 2 is 2.00 bits per heavy atom. The normalized spacial score (nSPS) is 11.8. The van der Waals surface area contributed by atoms with Gasteiger partial charge in [-0.2, -0.15) is 0 Å². The average Bonchev–Trinajstić information content (AvgIpc) is 2.40. The van der Waals surface area contributed by atoms with Gasteiger partial charge in [-0.1, -0.05) is 23.7 Å². The Morgan fingerprint density at radius 3 is 2.53 bits per heavy atom. The Kier molecular flexibility index (Phi) is 7.30. The van der Waals surface area contributed by atoms with Crippen molar-refractivity contribution in [2.24, 2.45) is 4.99 Å². The number of benzene rings is 1. The Hall–Kier alpha value is -1.26. The van der Waals surface area contributed by atoms with Crippen molar-refractivity contribution in [1.82, 2.24) is 10.6 Å². The minimum absolute atomic E-state index is 0.0917. The Labute approximate surface area is 120 Å². The van der Waals surface area contributed by atoms with Crippen LogP contribution in [0.25, 0.3) is 0 Å². The van der Waals surface area contributed by atoms with E-state index in [0.29, 0.717) is 11.6 Å². The summed E-state index contributed by atoms with van der Waals surface area (Å²) in [5, 5.41) is 7.08. The topological polar surface area (TPSA) is 45.7 Å². The monoisotopic (exact) mass is 283 g/mol. The number of guanidine groups is 1. The van der Waals surface area contributed by atoms with Crippen LogP contribution < -0.4 is 10.6 Å². The first-order chi connectivity index (χ1) is 9.21. The molecule has 0 heterocycles. The van der Waals surface area contributed by atoms with E-state index in [0.717, 1.165) is 24.6 Å². The highest BCUT2D eigenvalue weighted by Crippen LogP contribution is 2.20. The predicted molar refractivity (Wildman–Crippen MR) is 80.9 cm³/mol. The summed E-state index contributed by atoms with van der Waals surface area (Å²) in [5.74, 6) is 0.800. The molecule has 1 aromatic rings. The van der Waals surface area contributed by atoms with Gasteiger partial charge in [-0.15, -0.1) is 0 Å². The quantitative estimate of drug-likeness (QED) is 0.623. The molecule has 0 saturated carbocycles. The van der Waals surface area contributed by atoms with Crippen molar-refractivity contribution in [2.75, 3.05) is 26.7 Å². The molecule has 0 aromatic heterocycles. The number of nitrogens with zero attached hydrogens (tertiary/aromatic N) is 1. The van der Waals surface area contributed by atoms with E-state index in [9.17, 15) is 0 Å². The lowest BCUT2D eigenvalue weighted by Gasteiger charge is -2.15. The molecule has 0 fully saturated rings. The summed E-state index contributed by atoms with van der Waals surface area (Å²) < 4.78 is 5.48. The van der Waals surface area contributed by atoms with Crippen LogP contribution in [0, 0.1) is 0 Å². The van der Waals surface area contributed by atoms with E-state index in [1.807, 2.05) is 38.1 Å². The molecule has 106 valence electrons. The van der Waals surface area contributed by atoms with Gasteiger partial charge in [-0.25, -0.2) is 0 Å². The van der Waals surface area contributed by atoms with Crippen LogP contribution in [0.3, 0.4) is 0 Å². The van der Waals surface area contributed by atoms with E-state index >= 15 is 0 Å². The van der Waals surface area contributed by atoms with E-state index in [2.05, 4.69) is 15.6 Å². The molecule has 0 amide bonds. The Balaban J connectivity index is 2.73. The summed E-state index contributed by atoms with van der Waals surface area (Å²) in [6.07, 6.45) is -0.0917. The Bertz CT molecular complexity index is 401. The first kappa shape index (κ1) is 15.8. The van der Waals surface area contributed by atoms with Gasteiger partial charge in [0.25, 0.3) is 0 Å². The molecule has 19 heavy (non-hydrogen) atoms. The molecule has 1 unspecified atom stereocenters. The van der Waals surface area contributed by atoms with Gasteiger partial charge < -0.3 is 15.4 Å². The maximum absolute atomic E-state index is 5.99. The summed E-state index contributed by atoms with van der Waals surface area (Å²) >= 11 is 5.99. The summed E-state index contributed by atoms with van der Waals surface area (Å²) in [5.41, 5.74) is 1.03. The zero-order valence-corrected chi connectivity index (χ0v) is 12.5. The van der Waals surface area contributed by atoms with Gasteiger partial charge in [0.1, 0.15) is 6.10 Å². The number of methoxy groups -OCH3 is 1. The van der Waals surface area contributed by atoms with Crippen LogP contribution in [0.15, 0.2) is 29.3 Å². The maximum atomic E-state index is 5.99. The van der Waals surface area contributed by atoms with Crippen LogP contribution in [-0.2, 0) is 4.74 Å². The molecule has 0 aliphatic carbocycles. The average molecular weight is 284 g/mol. The molecule has 1 aromatic carbocycles. The number of rotatable bonds is 6. The molecule has 0 radical (unpaired) electrons. The smallest absolute Gasteiger partial charge is 0.191 e. The lowest BCUT2D eigenvalue weighted by Crippen LogP contribution is -2.37. The molecule has 1 rings (SSSR count). The second-order valence-corrected chi connectivity index (χ2v) is 4.47. The molecule has 1 atom stereocenters. The first-order valence-electron chi connectivity index (χ1n) is 6.51. The molecule has 5 heteroatoms. The summed E-state index contributed by atoms with van der Waals surface area (Å²) in [6.45, 7) is 6.29. The standard InChI is InChI=1S/C14H22ClN3O/c1-4-16-14(17-5-2)18-10-13(19-3)11-7-6-8-12(15)9-11/h6-9,13H,4-5,10H2,1-3H3,(H2,16,17,18). The third-order valence-corrected chi connectivity index (χ3v) is 2.84. The molecule has 4 nitrogen and oxygen atoms in total. The van der Waals surface area contributed by atoms with Gasteiger partial charge >= 0.3 is 0 Å². The van der Waals surface area contributed by atoms with Gasteiger partial charge in [-0.05, 0) is 31.5 Å². The fraction of sp³-hybridized carbons (Fsp3) is 0.500. The van der Waals surface area contributed by atoms with Gasteiger partial charge in [0, 0.05) is 25.2 Å². The maximum Gasteiger partial charge on any atom is 0.191 e. The van der Waals surface area contributed by atoms with Crippen LogP contribution in [0.5, 0.6) is 0 Å². The third-order valence-electron chi connectivity index (χ3n) is 2.61. The van der Waals surface area contributed by atoms with E-state index in [-0.39, 0.29) is 6.10 Å². The highest BCUT2D eigenvalue weighted by molar-refractivity contribution is 6.30. The number of hydrogen-bond donors (Lipinski definition) is 2. The number of aliphatic imine (C=N–C) groups is 1. The van der Waals surface area contributed by atoms with E-state index in [1.54, 1.807) is 7.11 Å². The fourth-order valence-corrected chi connectivity index (χ4v) is 1.91. The molecule has 0 saturated heterocycles. The largest absolute Gasteiger partial charge is 0.375 e. The van der Waals surface area contributed by atoms with E-state index in [1.165, 1.54) is 0 Å². The lowest BCUT2D eigenvalue weighted by atomic mass is 10.1. The van der Waals surface area contributed by atoms with Crippen molar-refractivity contribution in [3.63, 3.8) is 0 Å². The molecule has 0 spiro atoms. The van der Waals surface area contributed by atoms with Crippen LogP contribution in [0.4, 0.5) is 0 Å². The molecule has 2 N–H and O–H groups in total.